The molecule has 0 atom stereocenters. The molecule has 0 unspecified atom stereocenters. The molecule has 4 rings (SSSR count). The number of carbonyl (C=O) groups is 1. The summed E-state index contributed by atoms with van der Waals surface area (Å²) < 4.78 is 26.5. The monoisotopic (exact) mass is 380 g/mol. The highest BCUT2D eigenvalue weighted by Crippen LogP contribution is 2.36. The molecule has 1 amide bonds. The molecular weight excluding hydrogens is 359 g/mol. The van der Waals surface area contributed by atoms with Gasteiger partial charge in [-0.3, -0.25) is 4.79 Å². The van der Waals surface area contributed by atoms with E-state index in [0.29, 0.717) is 43.2 Å². The molecule has 1 aliphatic heterocycles. The lowest BCUT2D eigenvalue weighted by Crippen LogP contribution is -2.15. The van der Waals surface area contributed by atoms with Gasteiger partial charge in [0.1, 0.15) is 19.0 Å². The van der Waals surface area contributed by atoms with Crippen LogP contribution in [0.2, 0.25) is 0 Å². The molecular formula is C22H21FN2O3. The first kappa shape index (κ1) is 18.1. The Morgan fingerprint density at radius 3 is 2.50 bits per heavy atom. The molecule has 2 heterocycles. The van der Waals surface area contributed by atoms with Crippen LogP contribution in [0.15, 0.2) is 48.5 Å². The highest BCUT2D eigenvalue weighted by atomic mass is 19.1. The van der Waals surface area contributed by atoms with Gasteiger partial charge in [0.25, 0.3) is 5.91 Å². The first-order valence-corrected chi connectivity index (χ1v) is 9.17. The molecule has 0 fully saturated rings. The zero-order chi connectivity index (χ0) is 19.7. The smallest absolute Gasteiger partial charge is 0.250 e. The fraction of sp³-hybridized carbons (Fsp3) is 0.227. The second-order valence-corrected chi connectivity index (χ2v) is 6.78. The lowest BCUT2D eigenvalue weighted by Gasteiger charge is -2.19. The molecule has 0 bridgehead atoms. The van der Waals surface area contributed by atoms with Crippen LogP contribution in [0.1, 0.15) is 21.6 Å². The number of benzene rings is 2. The van der Waals surface area contributed by atoms with E-state index in [1.165, 1.54) is 12.1 Å². The minimum atomic E-state index is -0.461. The van der Waals surface area contributed by atoms with E-state index in [1.807, 2.05) is 31.2 Å². The summed E-state index contributed by atoms with van der Waals surface area (Å²) in [5.41, 5.74) is 9.68. The Morgan fingerprint density at radius 2 is 1.79 bits per heavy atom. The Balaban J connectivity index is 1.70. The molecule has 0 aliphatic carbocycles. The van der Waals surface area contributed by atoms with Crippen molar-refractivity contribution in [1.82, 2.24) is 4.57 Å². The largest absolute Gasteiger partial charge is 0.486 e. The molecule has 5 nitrogen and oxygen atoms in total. The summed E-state index contributed by atoms with van der Waals surface area (Å²) in [6.07, 6.45) is 0.700. The topological polar surface area (TPSA) is 66.5 Å². The zero-order valence-electron chi connectivity index (χ0n) is 15.6. The molecule has 0 spiro atoms. The number of carbonyl (C=O) groups excluding carboxylic acids is 1. The molecule has 1 aromatic heterocycles. The number of rotatable bonds is 5. The van der Waals surface area contributed by atoms with Crippen molar-refractivity contribution >= 4 is 5.91 Å². The van der Waals surface area contributed by atoms with Crippen LogP contribution in [0.25, 0.3) is 11.3 Å². The lowest BCUT2D eigenvalue weighted by atomic mass is 10.1. The Bertz CT molecular complexity index is 1030. The van der Waals surface area contributed by atoms with E-state index in [9.17, 15) is 9.18 Å². The van der Waals surface area contributed by atoms with Crippen LogP contribution in [0, 0.1) is 12.7 Å². The predicted molar refractivity (Wildman–Crippen MR) is 104 cm³/mol. The van der Waals surface area contributed by atoms with Gasteiger partial charge >= 0.3 is 0 Å². The molecule has 3 aromatic rings. The molecule has 0 saturated carbocycles. The van der Waals surface area contributed by atoms with E-state index in [1.54, 1.807) is 12.1 Å². The summed E-state index contributed by atoms with van der Waals surface area (Å²) in [7, 11) is 0. The van der Waals surface area contributed by atoms with E-state index >= 15 is 0 Å². The Kier molecular flexibility index (Phi) is 4.77. The van der Waals surface area contributed by atoms with Crippen LogP contribution in [0.3, 0.4) is 0 Å². The number of nitrogens with two attached hydrogens (primary N) is 1. The Morgan fingerprint density at radius 1 is 1.07 bits per heavy atom. The summed E-state index contributed by atoms with van der Waals surface area (Å²) in [4.78, 5) is 11.9. The third kappa shape index (κ3) is 3.45. The van der Waals surface area contributed by atoms with E-state index in [0.717, 1.165) is 22.5 Å². The van der Waals surface area contributed by atoms with Crippen LogP contribution in [-0.2, 0) is 13.0 Å². The van der Waals surface area contributed by atoms with Gasteiger partial charge in [-0.05, 0) is 55.3 Å². The fourth-order valence-electron chi connectivity index (χ4n) is 3.52. The first-order chi connectivity index (χ1) is 13.5. The number of fused-ring (bicyclic) bond motifs is 1. The second-order valence-electron chi connectivity index (χ2n) is 6.78. The summed E-state index contributed by atoms with van der Waals surface area (Å²) in [5, 5.41) is 0. The third-order valence-electron chi connectivity index (χ3n) is 5.01. The molecule has 6 heteroatoms. The average molecular weight is 380 g/mol. The number of hydrogen-bond acceptors (Lipinski definition) is 3. The van der Waals surface area contributed by atoms with Gasteiger partial charge in [-0.1, -0.05) is 12.1 Å². The quantitative estimate of drug-likeness (QED) is 0.734. The van der Waals surface area contributed by atoms with Crippen molar-refractivity contribution < 1.29 is 18.7 Å². The maximum Gasteiger partial charge on any atom is 0.250 e. The average Bonchev–Trinajstić information content (AvgIpc) is 3.04. The zero-order valence-corrected chi connectivity index (χ0v) is 15.6. The maximum absolute atomic E-state index is 13.2. The molecule has 144 valence electrons. The predicted octanol–water partition coefficient (Wildman–Crippen LogP) is 3.72. The number of nitrogens with zero attached hydrogens (tertiary/aromatic N) is 1. The highest BCUT2D eigenvalue weighted by molar-refractivity contribution is 5.95. The first-order valence-electron chi connectivity index (χ1n) is 9.17. The van der Waals surface area contributed by atoms with Gasteiger partial charge < -0.3 is 19.8 Å². The third-order valence-corrected chi connectivity index (χ3v) is 5.01. The number of aromatic nitrogens is 1. The van der Waals surface area contributed by atoms with E-state index in [4.69, 9.17) is 15.2 Å². The van der Waals surface area contributed by atoms with Crippen molar-refractivity contribution in [2.24, 2.45) is 5.73 Å². The van der Waals surface area contributed by atoms with Crippen molar-refractivity contribution in [2.75, 3.05) is 13.2 Å². The van der Waals surface area contributed by atoms with Gasteiger partial charge in [0.05, 0.1) is 5.56 Å². The number of amides is 1. The van der Waals surface area contributed by atoms with Crippen molar-refractivity contribution in [3.8, 4) is 22.8 Å². The number of aryl methyl sites for hydroxylation is 1. The van der Waals surface area contributed by atoms with Crippen molar-refractivity contribution in [3.05, 3.63) is 71.2 Å². The highest BCUT2D eigenvalue weighted by Gasteiger charge is 2.19. The summed E-state index contributed by atoms with van der Waals surface area (Å²) in [6, 6.07) is 14.0. The van der Waals surface area contributed by atoms with Gasteiger partial charge in [-0.25, -0.2) is 4.39 Å². The Hall–Kier alpha value is -3.28. The second kappa shape index (κ2) is 7.38. The lowest BCUT2D eigenvalue weighted by molar-refractivity contribution is 0.0999. The number of primary amides is 1. The van der Waals surface area contributed by atoms with Crippen LogP contribution in [0.4, 0.5) is 4.39 Å². The van der Waals surface area contributed by atoms with Crippen molar-refractivity contribution in [1.29, 1.82) is 0 Å². The molecule has 2 N–H and O–H groups in total. The number of halogens is 1. The fourth-order valence-corrected chi connectivity index (χ4v) is 3.52. The minimum absolute atomic E-state index is 0.256. The van der Waals surface area contributed by atoms with Crippen LogP contribution < -0.4 is 15.2 Å². The molecule has 2 aromatic carbocycles. The summed E-state index contributed by atoms with van der Waals surface area (Å²) in [6.45, 7) is 3.56. The van der Waals surface area contributed by atoms with Crippen LogP contribution in [-0.4, -0.2) is 23.7 Å². The van der Waals surface area contributed by atoms with Gasteiger partial charge in [-0.2, -0.15) is 0 Å². The molecule has 1 aliphatic rings. The van der Waals surface area contributed by atoms with Crippen molar-refractivity contribution in [3.63, 3.8) is 0 Å². The Labute approximate surface area is 162 Å². The van der Waals surface area contributed by atoms with E-state index < -0.39 is 5.91 Å². The SMILES string of the molecule is Cc1c(C(N)=O)cc(-c2ccc3c(c2)OCCO3)n1CCc1ccc(F)cc1. The molecule has 0 saturated heterocycles. The molecule has 0 radical (unpaired) electrons. The summed E-state index contributed by atoms with van der Waals surface area (Å²) in [5.74, 6) is 0.685. The van der Waals surface area contributed by atoms with Crippen LogP contribution in [0.5, 0.6) is 11.5 Å². The normalized spacial score (nSPS) is 12.8. The molecule has 28 heavy (non-hydrogen) atoms. The number of ether oxygens (including phenoxy) is 2. The van der Waals surface area contributed by atoms with E-state index in [2.05, 4.69) is 4.57 Å². The maximum atomic E-state index is 13.2. The van der Waals surface area contributed by atoms with Crippen LogP contribution >= 0.6 is 0 Å². The minimum Gasteiger partial charge on any atom is -0.486 e. The van der Waals surface area contributed by atoms with Crippen molar-refractivity contribution in [2.45, 2.75) is 19.9 Å². The standard InChI is InChI=1S/C22H21FN2O3/c1-14-18(22(24)26)13-19(16-4-7-20-21(12-16)28-11-10-27-20)25(14)9-8-15-2-5-17(23)6-3-15/h2-7,12-13H,8-11H2,1H3,(H2,24,26). The van der Waals surface area contributed by atoms with Gasteiger partial charge in [0.15, 0.2) is 11.5 Å². The van der Waals surface area contributed by atoms with Gasteiger partial charge in [0, 0.05) is 23.5 Å². The number of hydrogen-bond donors (Lipinski definition) is 1. The summed E-state index contributed by atoms with van der Waals surface area (Å²) >= 11 is 0. The van der Waals surface area contributed by atoms with Gasteiger partial charge in [0.2, 0.25) is 0 Å². The van der Waals surface area contributed by atoms with Gasteiger partial charge in [-0.15, -0.1) is 0 Å². The van der Waals surface area contributed by atoms with E-state index in [-0.39, 0.29) is 5.82 Å².